The van der Waals surface area contributed by atoms with Crippen LogP contribution in [-0.2, 0) is 20.9 Å². The summed E-state index contributed by atoms with van der Waals surface area (Å²) in [6, 6.07) is 12.0. The number of benzene rings is 2. The SMILES string of the molecule is CC(C)C(=O)Nc1ccc([C@@H]2OC(=O)N(Cc3ccc(F)cc3)[C@H]2C(=O)NC2CC2)cc1. The molecule has 3 amide bonds. The van der Waals surface area contributed by atoms with Gasteiger partial charge in [-0.15, -0.1) is 0 Å². The number of rotatable bonds is 7. The minimum absolute atomic E-state index is 0.0998. The van der Waals surface area contributed by atoms with Gasteiger partial charge in [0.15, 0.2) is 12.1 Å². The topological polar surface area (TPSA) is 87.7 Å². The van der Waals surface area contributed by atoms with Crippen molar-refractivity contribution >= 4 is 23.6 Å². The summed E-state index contributed by atoms with van der Waals surface area (Å²) in [7, 11) is 0. The van der Waals surface area contributed by atoms with E-state index in [1.807, 2.05) is 0 Å². The third-order valence-electron chi connectivity index (χ3n) is 5.57. The first kappa shape index (κ1) is 21.8. The van der Waals surface area contributed by atoms with Crippen LogP contribution >= 0.6 is 0 Å². The van der Waals surface area contributed by atoms with Gasteiger partial charge in [-0.25, -0.2) is 9.18 Å². The molecule has 1 saturated heterocycles. The molecule has 168 valence electrons. The van der Waals surface area contributed by atoms with E-state index in [0.717, 1.165) is 12.8 Å². The number of carbonyl (C=O) groups is 3. The van der Waals surface area contributed by atoms with Gasteiger partial charge in [-0.2, -0.15) is 0 Å². The van der Waals surface area contributed by atoms with Gasteiger partial charge < -0.3 is 15.4 Å². The molecule has 2 aromatic carbocycles. The molecule has 2 atom stereocenters. The number of amides is 3. The van der Waals surface area contributed by atoms with Gasteiger partial charge in [0.1, 0.15) is 5.82 Å². The number of hydrogen-bond donors (Lipinski definition) is 2. The molecule has 0 radical (unpaired) electrons. The standard InChI is InChI=1S/C24H26FN3O4/c1-14(2)22(29)26-18-9-5-16(6-10-18)21-20(23(30)27-19-11-12-19)28(24(31)32-21)13-15-3-7-17(25)8-4-15/h3-10,14,19-21H,11-13H2,1-2H3,(H,26,29)(H,27,30)/t20-,21+/m1/s1. The Morgan fingerprint density at radius 1 is 1.09 bits per heavy atom. The zero-order chi connectivity index (χ0) is 22.8. The quantitative estimate of drug-likeness (QED) is 0.688. The van der Waals surface area contributed by atoms with Crippen molar-refractivity contribution in [3.63, 3.8) is 0 Å². The van der Waals surface area contributed by atoms with Crippen molar-refractivity contribution in [2.75, 3.05) is 5.32 Å². The molecule has 4 rings (SSSR count). The normalized spacial score (nSPS) is 20.2. The van der Waals surface area contributed by atoms with Crippen LogP contribution in [0.4, 0.5) is 14.9 Å². The van der Waals surface area contributed by atoms with E-state index in [1.54, 1.807) is 50.2 Å². The highest BCUT2D eigenvalue weighted by molar-refractivity contribution is 5.92. The number of carbonyl (C=O) groups excluding carboxylic acids is 3. The Morgan fingerprint density at radius 2 is 1.75 bits per heavy atom. The van der Waals surface area contributed by atoms with E-state index < -0.39 is 18.2 Å². The first-order valence-corrected chi connectivity index (χ1v) is 10.7. The molecular formula is C24H26FN3O4. The third kappa shape index (κ3) is 4.90. The first-order valence-electron chi connectivity index (χ1n) is 10.7. The van der Waals surface area contributed by atoms with E-state index in [9.17, 15) is 18.8 Å². The average molecular weight is 439 g/mol. The van der Waals surface area contributed by atoms with Crippen LogP contribution in [0.5, 0.6) is 0 Å². The fraction of sp³-hybridized carbons (Fsp3) is 0.375. The molecule has 1 aliphatic carbocycles. The van der Waals surface area contributed by atoms with Crippen molar-refractivity contribution in [3.8, 4) is 0 Å². The van der Waals surface area contributed by atoms with Crippen LogP contribution in [0.1, 0.15) is 43.9 Å². The van der Waals surface area contributed by atoms with Crippen LogP contribution < -0.4 is 10.6 Å². The van der Waals surface area contributed by atoms with Crippen molar-refractivity contribution in [2.24, 2.45) is 5.92 Å². The van der Waals surface area contributed by atoms with E-state index in [2.05, 4.69) is 10.6 Å². The second-order valence-electron chi connectivity index (χ2n) is 8.55. The summed E-state index contributed by atoms with van der Waals surface area (Å²) in [6.07, 6.45) is 0.435. The largest absolute Gasteiger partial charge is 0.438 e. The molecule has 2 N–H and O–H groups in total. The molecule has 2 aliphatic rings. The second-order valence-corrected chi connectivity index (χ2v) is 8.55. The molecule has 8 heteroatoms. The molecule has 32 heavy (non-hydrogen) atoms. The predicted molar refractivity (Wildman–Crippen MR) is 116 cm³/mol. The van der Waals surface area contributed by atoms with Crippen molar-refractivity contribution in [3.05, 3.63) is 65.5 Å². The van der Waals surface area contributed by atoms with Crippen LogP contribution in [0.3, 0.4) is 0 Å². The highest BCUT2D eigenvalue weighted by atomic mass is 19.1. The van der Waals surface area contributed by atoms with Gasteiger partial charge >= 0.3 is 6.09 Å². The third-order valence-corrected chi connectivity index (χ3v) is 5.57. The monoisotopic (exact) mass is 439 g/mol. The Bertz CT molecular complexity index is 1000. The van der Waals surface area contributed by atoms with Crippen LogP contribution in [-0.4, -0.2) is 34.9 Å². The zero-order valence-electron chi connectivity index (χ0n) is 18.0. The summed E-state index contributed by atoms with van der Waals surface area (Å²) < 4.78 is 18.9. The fourth-order valence-electron chi connectivity index (χ4n) is 3.55. The molecule has 1 heterocycles. The Morgan fingerprint density at radius 3 is 2.34 bits per heavy atom. The number of anilines is 1. The van der Waals surface area contributed by atoms with E-state index in [0.29, 0.717) is 16.8 Å². The molecule has 0 aromatic heterocycles. The maximum atomic E-state index is 13.3. The second kappa shape index (κ2) is 8.98. The van der Waals surface area contributed by atoms with Crippen LogP contribution in [0, 0.1) is 11.7 Å². The summed E-state index contributed by atoms with van der Waals surface area (Å²) in [6.45, 7) is 3.74. The molecule has 0 unspecified atom stereocenters. The molecule has 1 saturated carbocycles. The molecule has 1 aliphatic heterocycles. The summed E-state index contributed by atoms with van der Waals surface area (Å²) in [4.78, 5) is 39.1. The minimum atomic E-state index is -0.857. The Hall–Kier alpha value is -3.42. The molecular weight excluding hydrogens is 413 g/mol. The number of halogens is 1. The lowest BCUT2D eigenvalue weighted by molar-refractivity contribution is -0.126. The van der Waals surface area contributed by atoms with Gasteiger partial charge in [-0.05, 0) is 48.2 Å². The molecule has 7 nitrogen and oxygen atoms in total. The van der Waals surface area contributed by atoms with Gasteiger partial charge in [-0.1, -0.05) is 38.1 Å². The van der Waals surface area contributed by atoms with E-state index in [4.69, 9.17) is 4.74 Å². The average Bonchev–Trinajstić information content (AvgIpc) is 3.52. The Kier molecular flexibility index (Phi) is 6.12. The van der Waals surface area contributed by atoms with Crippen LogP contribution in [0.2, 0.25) is 0 Å². The summed E-state index contributed by atoms with van der Waals surface area (Å²) in [5, 5.41) is 5.78. The number of hydrogen-bond acceptors (Lipinski definition) is 4. The summed E-state index contributed by atoms with van der Waals surface area (Å²) in [5.74, 6) is -0.899. The van der Waals surface area contributed by atoms with Crippen LogP contribution in [0.25, 0.3) is 0 Å². The lowest BCUT2D eigenvalue weighted by Crippen LogP contribution is -2.46. The predicted octanol–water partition coefficient (Wildman–Crippen LogP) is 3.76. The van der Waals surface area contributed by atoms with Gasteiger partial charge in [-0.3, -0.25) is 14.5 Å². The molecule has 0 bridgehead atoms. The van der Waals surface area contributed by atoms with Crippen molar-refractivity contribution < 1.29 is 23.5 Å². The summed E-state index contributed by atoms with van der Waals surface area (Å²) in [5.41, 5.74) is 1.97. The first-order chi connectivity index (χ1) is 15.3. The highest BCUT2D eigenvalue weighted by Gasteiger charge is 2.47. The molecule has 2 aromatic rings. The van der Waals surface area contributed by atoms with E-state index >= 15 is 0 Å². The van der Waals surface area contributed by atoms with E-state index in [-0.39, 0.29) is 36.1 Å². The number of nitrogens with zero attached hydrogens (tertiary/aromatic N) is 1. The zero-order valence-corrected chi connectivity index (χ0v) is 18.0. The molecule has 0 spiro atoms. The van der Waals surface area contributed by atoms with Crippen LogP contribution in [0.15, 0.2) is 48.5 Å². The van der Waals surface area contributed by atoms with Crippen molar-refractivity contribution in [2.45, 2.75) is 51.4 Å². The number of ether oxygens (including phenoxy) is 1. The Balaban J connectivity index is 1.57. The number of nitrogens with one attached hydrogen (secondary N) is 2. The van der Waals surface area contributed by atoms with E-state index in [1.165, 1.54) is 17.0 Å². The number of cyclic esters (lactones) is 1. The minimum Gasteiger partial charge on any atom is -0.438 e. The summed E-state index contributed by atoms with van der Waals surface area (Å²) >= 11 is 0. The smallest absolute Gasteiger partial charge is 0.411 e. The highest BCUT2D eigenvalue weighted by Crippen LogP contribution is 2.35. The van der Waals surface area contributed by atoms with Gasteiger partial charge in [0.2, 0.25) is 11.8 Å². The maximum Gasteiger partial charge on any atom is 0.411 e. The van der Waals surface area contributed by atoms with Gasteiger partial charge in [0, 0.05) is 17.6 Å². The van der Waals surface area contributed by atoms with Gasteiger partial charge in [0.25, 0.3) is 0 Å². The lowest BCUT2D eigenvalue weighted by Gasteiger charge is -2.24. The van der Waals surface area contributed by atoms with Crippen molar-refractivity contribution in [1.82, 2.24) is 10.2 Å². The Labute approximate surface area is 185 Å². The lowest BCUT2D eigenvalue weighted by atomic mass is 10.00. The van der Waals surface area contributed by atoms with Gasteiger partial charge in [0.05, 0.1) is 6.54 Å². The maximum absolute atomic E-state index is 13.3. The molecule has 2 fully saturated rings. The fourth-order valence-corrected chi connectivity index (χ4v) is 3.55. The van der Waals surface area contributed by atoms with Crippen molar-refractivity contribution in [1.29, 1.82) is 0 Å².